The number of hydrogen-bond donors (Lipinski definition) is 1. The zero-order chi connectivity index (χ0) is 21.7. The van der Waals surface area contributed by atoms with Gasteiger partial charge in [0.15, 0.2) is 0 Å². The normalized spacial score (nSPS) is 19.5. The highest BCUT2D eigenvalue weighted by Crippen LogP contribution is 2.43. The van der Waals surface area contributed by atoms with Crippen LogP contribution in [0.25, 0.3) is 5.76 Å². The van der Waals surface area contributed by atoms with Crippen molar-refractivity contribution < 1.29 is 23.8 Å². The Labute approximate surface area is 179 Å². The number of benzene rings is 2. The van der Waals surface area contributed by atoms with Crippen LogP contribution in [0.1, 0.15) is 34.1 Å². The second kappa shape index (κ2) is 7.16. The lowest BCUT2D eigenvalue weighted by molar-refractivity contribution is -0.132. The van der Waals surface area contributed by atoms with Crippen molar-refractivity contribution in [2.24, 2.45) is 0 Å². The molecule has 1 fully saturated rings. The van der Waals surface area contributed by atoms with Gasteiger partial charge in [0.1, 0.15) is 23.3 Å². The molecule has 1 aromatic heterocycles. The summed E-state index contributed by atoms with van der Waals surface area (Å²) in [6, 6.07) is 13.4. The van der Waals surface area contributed by atoms with Crippen LogP contribution in [0.2, 0.25) is 0 Å². The van der Waals surface area contributed by atoms with Crippen LogP contribution in [0.15, 0.2) is 64.8 Å². The van der Waals surface area contributed by atoms with Crippen LogP contribution in [0, 0.1) is 13.8 Å². The van der Waals surface area contributed by atoms with Gasteiger partial charge in [0, 0.05) is 17.7 Å². The molecular weight excluding hydrogens is 394 g/mol. The van der Waals surface area contributed by atoms with E-state index in [1.54, 1.807) is 36.4 Å². The number of fused-ring (bicyclic) bond motifs is 1. The van der Waals surface area contributed by atoms with Gasteiger partial charge in [-0.05, 0) is 73.0 Å². The minimum absolute atomic E-state index is 0.0112. The first-order valence-electron chi connectivity index (χ1n) is 10.1. The van der Waals surface area contributed by atoms with Gasteiger partial charge >= 0.3 is 0 Å². The number of carbonyl (C=O) groups is 2. The number of amides is 1. The maximum absolute atomic E-state index is 13.1. The number of Topliss-reactive ketones (excluding diaryl/α,β-unsaturated/α-hetero) is 1. The molecule has 0 aliphatic carbocycles. The van der Waals surface area contributed by atoms with Crippen LogP contribution in [0.5, 0.6) is 5.75 Å². The van der Waals surface area contributed by atoms with Crippen LogP contribution in [-0.2, 0) is 16.0 Å². The molecule has 1 amide bonds. The zero-order valence-electron chi connectivity index (χ0n) is 17.2. The lowest BCUT2D eigenvalue weighted by Gasteiger charge is -2.24. The average molecular weight is 415 g/mol. The quantitative estimate of drug-likeness (QED) is 0.388. The molecule has 5 rings (SSSR count). The molecule has 1 N–H and O–H groups in total. The summed E-state index contributed by atoms with van der Waals surface area (Å²) in [5.74, 6) is -0.483. The number of ether oxygens (including phenoxy) is 1. The number of carbonyl (C=O) groups excluding carboxylic acids is 2. The molecular formula is C25H21NO5. The van der Waals surface area contributed by atoms with E-state index in [-0.39, 0.29) is 11.3 Å². The summed E-state index contributed by atoms with van der Waals surface area (Å²) in [4.78, 5) is 27.6. The van der Waals surface area contributed by atoms with Gasteiger partial charge in [-0.1, -0.05) is 6.07 Å². The van der Waals surface area contributed by atoms with Crippen molar-refractivity contribution in [1.29, 1.82) is 0 Å². The van der Waals surface area contributed by atoms with Crippen LogP contribution >= 0.6 is 0 Å². The number of aliphatic hydroxyl groups excluding tert-OH is 1. The summed E-state index contributed by atoms with van der Waals surface area (Å²) in [5, 5.41) is 11.2. The molecule has 3 aromatic rings. The summed E-state index contributed by atoms with van der Waals surface area (Å²) in [7, 11) is 0. The van der Waals surface area contributed by atoms with Crippen LogP contribution in [-0.4, -0.2) is 23.4 Å². The Hall–Kier alpha value is -3.80. The van der Waals surface area contributed by atoms with Crippen LogP contribution in [0.4, 0.5) is 5.69 Å². The van der Waals surface area contributed by atoms with E-state index < -0.39 is 17.7 Å². The largest absolute Gasteiger partial charge is 0.507 e. The van der Waals surface area contributed by atoms with Crippen molar-refractivity contribution in [2.45, 2.75) is 26.3 Å². The monoisotopic (exact) mass is 415 g/mol. The Morgan fingerprint density at radius 3 is 2.65 bits per heavy atom. The SMILES string of the molecule is Cc1ccc(N2C(=O)C(=O)/C(=C(\O)c3ccc4c(c3)CCO4)C2c2ccco2)cc1C. The van der Waals surface area contributed by atoms with E-state index in [9.17, 15) is 14.7 Å². The molecule has 2 aromatic carbocycles. The molecule has 1 unspecified atom stereocenters. The third-order valence-corrected chi connectivity index (χ3v) is 5.99. The lowest BCUT2D eigenvalue weighted by atomic mass is 9.97. The first kappa shape index (κ1) is 19.2. The van der Waals surface area contributed by atoms with Crippen molar-refractivity contribution in [2.75, 3.05) is 11.5 Å². The van der Waals surface area contributed by atoms with Gasteiger partial charge in [0.25, 0.3) is 11.7 Å². The van der Waals surface area contributed by atoms with Gasteiger partial charge in [0.2, 0.25) is 0 Å². The first-order valence-corrected chi connectivity index (χ1v) is 10.1. The highest BCUT2D eigenvalue weighted by atomic mass is 16.5. The maximum Gasteiger partial charge on any atom is 0.300 e. The highest BCUT2D eigenvalue weighted by molar-refractivity contribution is 6.51. The van der Waals surface area contributed by atoms with Crippen molar-refractivity contribution in [3.63, 3.8) is 0 Å². The van der Waals surface area contributed by atoms with Gasteiger partial charge in [0.05, 0.1) is 18.4 Å². The van der Waals surface area contributed by atoms with Crippen LogP contribution < -0.4 is 9.64 Å². The van der Waals surface area contributed by atoms with Crippen molar-refractivity contribution in [3.05, 3.63) is 88.4 Å². The van der Waals surface area contributed by atoms with Crippen LogP contribution in [0.3, 0.4) is 0 Å². The molecule has 31 heavy (non-hydrogen) atoms. The van der Waals surface area contributed by atoms with E-state index in [1.807, 2.05) is 26.0 Å². The van der Waals surface area contributed by atoms with E-state index in [0.29, 0.717) is 23.6 Å². The lowest BCUT2D eigenvalue weighted by Crippen LogP contribution is -2.29. The second-order valence-corrected chi connectivity index (χ2v) is 7.87. The van der Waals surface area contributed by atoms with Gasteiger partial charge in [-0.25, -0.2) is 0 Å². The number of furan rings is 1. The van der Waals surface area contributed by atoms with E-state index >= 15 is 0 Å². The topological polar surface area (TPSA) is 80.0 Å². The fourth-order valence-corrected chi connectivity index (χ4v) is 4.18. The van der Waals surface area contributed by atoms with Crippen molar-refractivity contribution in [1.82, 2.24) is 0 Å². The molecule has 6 heteroatoms. The van der Waals surface area contributed by atoms with E-state index in [0.717, 1.165) is 28.9 Å². The first-order chi connectivity index (χ1) is 15.0. The molecule has 156 valence electrons. The number of aliphatic hydroxyl groups is 1. The Morgan fingerprint density at radius 1 is 1.06 bits per heavy atom. The third kappa shape index (κ3) is 3.03. The summed E-state index contributed by atoms with van der Waals surface area (Å²) in [5.41, 5.74) is 4.09. The Balaban J connectivity index is 1.69. The fourth-order valence-electron chi connectivity index (χ4n) is 4.18. The summed E-state index contributed by atoms with van der Waals surface area (Å²) >= 11 is 0. The molecule has 1 atom stereocenters. The average Bonchev–Trinajstić information content (AvgIpc) is 3.50. The predicted molar refractivity (Wildman–Crippen MR) is 115 cm³/mol. The summed E-state index contributed by atoms with van der Waals surface area (Å²) in [6.07, 6.45) is 2.22. The maximum atomic E-state index is 13.1. The minimum atomic E-state index is -0.860. The molecule has 0 radical (unpaired) electrons. The second-order valence-electron chi connectivity index (χ2n) is 7.87. The molecule has 2 aliphatic rings. The number of hydrogen-bond acceptors (Lipinski definition) is 5. The van der Waals surface area contributed by atoms with E-state index in [1.165, 1.54) is 11.2 Å². The molecule has 6 nitrogen and oxygen atoms in total. The zero-order valence-corrected chi connectivity index (χ0v) is 17.2. The van der Waals surface area contributed by atoms with E-state index in [2.05, 4.69) is 0 Å². The number of rotatable bonds is 3. The summed E-state index contributed by atoms with van der Waals surface area (Å²) < 4.78 is 11.1. The van der Waals surface area contributed by atoms with Gasteiger partial charge in [-0.2, -0.15) is 0 Å². The Morgan fingerprint density at radius 2 is 1.90 bits per heavy atom. The smallest absolute Gasteiger partial charge is 0.300 e. The number of anilines is 1. The molecule has 0 saturated carbocycles. The molecule has 1 saturated heterocycles. The highest BCUT2D eigenvalue weighted by Gasteiger charge is 2.48. The fraction of sp³-hybridized carbons (Fsp3) is 0.200. The van der Waals surface area contributed by atoms with Crippen molar-refractivity contribution >= 4 is 23.1 Å². The van der Waals surface area contributed by atoms with E-state index in [4.69, 9.17) is 9.15 Å². The standard InChI is InChI=1S/C25H21NO5/c1-14-5-7-18(12-15(14)2)26-22(20-4-3-10-30-20)21(24(28)25(26)29)23(27)17-6-8-19-16(13-17)9-11-31-19/h3-8,10,12-13,22,27H,9,11H2,1-2H3/b23-21-. The number of nitrogens with zero attached hydrogens (tertiary/aromatic N) is 1. The van der Waals surface area contributed by atoms with Gasteiger partial charge in [-0.3, -0.25) is 14.5 Å². The molecule has 0 spiro atoms. The third-order valence-electron chi connectivity index (χ3n) is 5.99. The number of ketones is 1. The molecule has 0 bridgehead atoms. The minimum Gasteiger partial charge on any atom is -0.507 e. The van der Waals surface area contributed by atoms with Gasteiger partial charge in [-0.15, -0.1) is 0 Å². The molecule has 2 aliphatic heterocycles. The summed E-state index contributed by atoms with van der Waals surface area (Å²) in [6.45, 7) is 4.52. The van der Waals surface area contributed by atoms with Crippen molar-refractivity contribution in [3.8, 4) is 5.75 Å². The Kier molecular flexibility index (Phi) is 4.43. The molecule has 3 heterocycles. The van der Waals surface area contributed by atoms with Gasteiger partial charge < -0.3 is 14.3 Å². The predicted octanol–water partition coefficient (Wildman–Crippen LogP) is 4.46. The Bertz CT molecular complexity index is 1240. The number of aryl methyl sites for hydroxylation is 2.